The lowest BCUT2D eigenvalue weighted by Gasteiger charge is -2.11. The molecule has 0 aliphatic heterocycles. The van der Waals surface area contributed by atoms with Crippen molar-refractivity contribution < 1.29 is 14.6 Å². The van der Waals surface area contributed by atoms with Crippen LogP contribution < -0.4 is 4.89 Å². The second kappa shape index (κ2) is 9.40. The van der Waals surface area contributed by atoms with Gasteiger partial charge in [0.2, 0.25) is 0 Å². The van der Waals surface area contributed by atoms with Crippen LogP contribution in [0.1, 0.15) is 70.8 Å². The molecule has 0 unspecified atom stereocenters. The molecule has 0 fully saturated rings. The maximum Gasteiger partial charge on any atom is 0.355 e. The lowest BCUT2D eigenvalue weighted by molar-refractivity contribution is -0.214. The van der Waals surface area contributed by atoms with Gasteiger partial charge in [-0.3, -0.25) is 9.78 Å². The number of hydrogen-bond acceptors (Lipinski definition) is 3. The van der Waals surface area contributed by atoms with Crippen LogP contribution in [-0.4, -0.2) is 5.97 Å². The molecule has 0 amide bonds. The molecule has 3 nitrogen and oxygen atoms in total. The summed E-state index contributed by atoms with van der Waals surface area (Å²) >= 11 is 0. The Morgan fingerprint density at radius 2 is 1.80 bits per heavy atom. The van der Waals surface area contributed by atoms with E-state index in [1.54, 1.807) is 0 Å². The summed E-state index contributed by atoms with van der Waals surface area (Å²) in [6.07, 6.45) is 5.99. The lowest BCUT2D eigenvalue weighted by Crippen LogP contribution is -2.09. The Hall–Kier alpha value is -1.51. The summed E-state index contributed by atoms with van der Waals surface area (Å²) in [4.78, 5) is 21.7. The summed E-state index contributed by atoms with van der Waals surface area (Å²) in [5.41, 5.74) is 1.04. The van der Waals surface area contributed by atoms with E-state index in [4.69, 9.17) is 9.78 Å². The van der Waals surface area contributed by atoms with Crippen LogP contribution in [0.3, 0.4) is 0 Å². The van der Waals surface area contributed by atoms with Crippen LogP contribution in [0.5, 0.6) is 5.75 Å². The Balaban J connectivity index is 2.30. The standard InChI is InChI=1S/C17H26O3/c1-4-5-6-7-8-13-17(18)20-19-16-12-10-9-11-15(16)14(2)3/h9-12,14H,4-8,13H2,1-3H3. The highest BCUT2D eigenvalue weighted by atomic mass is 17.2. The highest BCUT2D eigenvalue weighted by Gasteiger charge is 2.10. The predicted octanol–water partition coefficient (Wildman–Crippen LogP) is 5.01. The zero-order valence-corrected chi connectivity index (χ0v) is 12.9. The molecule has 0 radical (unpaired) electrons. The summed E-state index contributed by atoms with van der Waals surface area (Å²) in [5.74, 6) is 0.667. The van der Waals surface area contributed by atoms with Crippen molar-refractivity contribution in [3.63, 3.8) is 0 Å². The number of para-hydroxylation sites is 1. The summed E-state index contributed by atoms with van der Waals surface area (Å²) in [5, 5.41) is 0. The first-order valence-electron chi connectivity index (χ1n) is 7.61. The van der Waals surface area contributed by atoms with E-state index in [1.807, 2.05) is 24.3 Å². The first-order valence-corrected chi connectivity index (χ1v) is 7.61. The Bertz CT molecular complexity index is 399. The van der Waals surface area contributed by atoms with Crippen LogP contribution in [0.2, 0.25) is 0 Å². The molecule has 0 saturated carbocycles. The molecule has 0 heterocycles. The molecule has 0 bridgehead atoms. The van der Waals surface area contributed by atoms with E-state index >= 15 is 0 Å². The molecule has 1 rings (SSSR count). The highest BCUT2D eigenvalue weighted by molar-refractivity contribution is 5.68. The van der Waals surface area contributed by atoms with Crippen molar-refractivity contribution in [1.29, 1.82) is 0 Å². The molecule has 20 heavy (non-hydrogen) atoms. The number of benzene rings is 1. The van der Waals surface area contributed by atoms with Gasteiger partial charge in [-0.25, -0.2) is 4.79 Å². The van der Waals surface area contributed by atoms with Gasteiger partial charge in [0, 0.05) is 5.56 Å². The largest absolute Gasteiger partial charge is 0.355 e. The van der Waals surface area contributed by atoms with Gasteiger partial charge in [-0.2, -0.15) is 0 Å². The molecule has 0 spiro atoms. The van der Waals surface area contributed by atoms with E-state index in [9.17, 15) is 4.79 Å². The van der Waals surface area contributed by atoms with Crippen molar-refractivity contribution >= 4 is 5.97 Å². The van der Waals surface area contributed by atoms with E-state index in [2.05, 4.69) is 20.8 Å². The fourth-order valence-corrected chi connectivity index (χ4v) is 2.04. The SMILES string of the molecule is CCCCCCCC(=O)OOc1ccccc1C(C)C. The van der Waals surface area contributed by atoms with Gasteiger partial charge in [0.15, 0.2) is 5.75 Å². The minimum atomic E-state index is -0.292. The van der Waals surface area contributed by atoms with Crippen LogP contribution in [0.15, 0.2) is 24.3 Å². The topological polar surface area (TPSA) is 35.5 Å². The van der Waals surface area contributed by atoms with Crippen molar-refractivity contribution in [2.45, 2.75) is 65.2 Å². The monoisotopic (exact) mass is 278 g/mol. The van der Waals surface area contributed by atoms with E-state index in [1.165, 1.54) is 19.3 Å². The first-order chi connectivity index (χ1) is 9.65. The minimum Gasteiger partial charge on any atom is -0.287 e. The summed E-state index contributed by atoms with van der Waals surface area (Å²) in [7, 11) is 0. The molecular weight excluding hydrogens is 252 g/mol. The Morgan fingerprint density at radius 1 is 1.10 bits per heavy atom. The van der Waals surface area contributed by atoms with Crippen LogP contribution in [0.4, 0.5) is 0 Å². The molecule has 0 N–H and O–H groups in total. The lowest BCUT2D eigenvalue weighted by atomic mass is 10.0. The molecule has 1 aromatic carbocycles. The Kier molecular flexibility index (Phi) is 7.78. The predicted molar refractivity (Wildman–Crippen MR) is 80.6 cm³/mol. The van der Waals surface area contributed by atoms with E-state index in [0.29, 0.717) is 18.1 Å². The third-order valence-corrected chi connectivity index (χ3v) is 3.25. The number of hydrogen-bond donors (Lipinski definition) is 0. The van der Waals surface area contributed by atoms with Gasteiger partial charge in [0.25, 0.3) is 0 Å². The van der Waals surface area contributed by atoms with Crippen LogP contribution in [-0.2, 0) is 9.68 Å². The number of carbonyl (C=O) groups is 1. The molecule has 0 aliphatic carbocycles. The van der Waals surface area contributed by atoms with Gasteiger partial charge >= 0.3 is 5.97 Å². The van der Waals surface area contributed by atoms with Gasteiger partial charge in [0.05, 0.1) is 6.42 Å². The highest BCUT2D eigenvalue weighted by Crippen LogP contribution is 2.26. The second-order valence-electron chi connectivity index (χ2n) is 5.40. The molecule has 0 aliphatic rings. The smallest absolute Gasteiger partial charge is 0.287 e. The second-order valence-corrected chi connectivity index (χ2v) is 5.40. The van der Waals surface area contributed by atoms with E-state index in [0.717, 1.165) is 18.4 Å². The Morgan fingerprint density at radius 3 is 2.50 bits per heavy atom. The van der Waals surface area contributed by atoms with Crippen molar-refractivity contribution in [2.24, 2.45) is 0 Å². The summed E-state index contributed by atoms with van der Waals surface area (Å²) < 4.78 is 0. The van der Waals surface area contributed by atoms with Crippen LogP contribution >= 0.6 is 0 Å². The Labute approximate surface area is 122 Å². The van der Waals surface area contributed by atoms with Gasteiger partial charge < -0.3 is 0 Å². The van der Waals surface area contributed by atoms with E-state index in [-0.39, 0.29) is 5.97 Å². The maximum atomic E-state index is 11.6. The third kappa shape index (κ3) is 6.09. The average molecular weight is 278 g/mol. The third-order valence-electron chi connectivity index (χ3n) is 3.25. The maximum absolute atomic E-state index is 11.6. The van der Waals surface area contributed by atoms with Crippen molar-refractivity contribution in [3.05, 3.63) is 29.8 Å². The first kappa shape index (κ1) is 16.5. The fraction of sp³-hybridized carbons (Fsp3) is 0.588. The molecule has 112 valence electrons. The number of carbonyl (C=O) groups excluding carboxylic acids is 1. The molecule has 0 atom stereocenters. The molecule has 0 saturated heterocycles. The summed E-state index contributed by atoms with van der Waals surface area (Å²) in [6.45, 7) is 6.34. The number of unbranched alkanes of at least 4 members (excludes halogenated alkanes) is 4. The summed E-state index contributed by atoms with van der Waals surface area (Å²) in [6, 6.07) is 7.64. The van der Waals surface area contributed by atoms with Crippen LogP contribution in [0, 0.1) is 0 Å². The van der Waals surface area contributed by atoms with Gasteiger partial charge in [-0.1, -0.05) is 64.7 Å². The average Bonchev–Trinajstić information content (AvgIpc) is 2.45. The zero-order chi connectivity index (χ0) is 14.8. The number of rotatable bonds is 9. The van der Waals surface area contributed by atoms with Crippen LogP contribution in [0.25, 0.3) is 0 Å². The fourth-order valence-electron chi connectivity index (χ4n) is 2.04. The molecule has 3 heteroatoms. The molecule has 0 aromatic heterocycles. The van der Waals surface area contributed by atoms with Gasteiger partial charge in [0.1, 0.15) is 0 Å². The van der Waals surface area contributed by atoms with Gasteiger partial charge in [-0.05, 0) is 18.4 Å². The van der Waals surface area contributed by atoms with Crippen molar-refractivity contribution in [1.82, 2.24) is 0 Å². The normalized spacial score (nSPS) is 10.6. The molecule has 1 aromatic rings. The minimum absolute atomic E-state index is 0.292. The van der Waals surface area contributed by atoms with E-state index < -0.39 is 0 Å². The van der Waals surface area contributed by atoms with Crippen molar-refractivity contribution in [3.8, 4) is 5.75 Å². The zero-order valence-electron chi connectivity index (χ0n) is 12.9. The molecular formula is C17H26O3. The quantitative estimate of drug-likeness (QED) is 0.362. The van der Waals surface area contributed by atoms with Gasteiger partial charge in [-0.15, -0.1) is 0 Å². The van der Waals surface area contributed by atoms with Crippen molar-refractivity contribution in [2.75, 3.05) is 0 Å².